The molecule has 0 aliphatic heterocycles. The Bertz CT molecular complexity index is 833. The Labute approximate surface area is 163 Å². The molecule has 0 fully saturated rings. The summed E-state index contributed by atoms with van der Waals surface area (Å²) < 4.78 is 5.78. The number of carbonyl (C=O) groups is 3. The summed E-state index contributed by atoms with van der Waals surface area (Å²) in [4.78, 5) is 34.9. The third kappa shape index (κ3) is 6.42. The number of aliphatic carboxylic acids is 1. The molecule has 7 nitrogen and oxygen atoms in total. The Hall–Kier alpha value is -3.35. The molecule has 28 heavy (non-hydrogen) atoms. The summed E-state index contributed by atoms with van der Waals surface area (Å²) in [6, 6.07) is 13.9. The fraction of sp³-hybridized carbons (Fsp3) is 0.286. The van der Waals surface area contributed by atoms with Gasteiger partial charge in [-0.3, -0.25) is 14.4 Å². The Morgan fingerprint density at radius 2 is 1.82 bits per heavy atom. The maximum atomic E-state index is 12.5. The van der Waals surface area contributed by atoms with E-state index in [-0.39, 0.29) is 24.8 Å². The number of amides is 2. The second-order valence-electron chi connectivity index (χ2n) is 6.30. The summed E-state index contributed by atoms with van der Waals surface area (Å²) in [5, 5.41) is 13.9. The topological polar surface area (TPSA) is 105 Å². The molecule has 0 radical (unpaired) electrons. The summed E-state index contributed by atoms with van der Waals surface area (Å²) in [5.74, 6) is -0.983. The lowest BCUT2D eigenvalue weighted by atomic mass is 10.1. The van der Waals surface area contributed by atoms with Crippen LogP contribution in [0.2, 0.25) is 0 Å². The summed E-state index contributed by atoms with van der Waals surface area (Å²) in [6.07, 6.45) is -0.274. The first-order valence-electron chi connectivity index (χ1n) is 9.03. The van der Waals surface area contributed by atoms with Crippen LogP contribution in [0.15, 0.2) is 48.5 Å². The molecule has 0 spiro atoms. The minimum absolute atomic E-state index is 0.0567. The van der Waals surface area contributed by atoms with E-state index in [9.17, 15) is 14.4 Å². The van der Waals surface area contributed by atoms with Gasteiger partial charge < -0.3 is 20.5 Å². The molecule has 2 aromatic carbocycles. The van der Waals surface area contributed by atoms with Gasteiger partial charge in [0.1, 0.15) is 5.75 Å². The summed E-state index contributed by atoms with van der Waals surface area (Å²) in [7, 11) is 0. The van der Waals surface area contributed by atoms with Crippen molar-refractivity contribution in [3.05, 3.63) is 59.7 Å². The van der Waals surface area contributed by atoms with E-state index in [0.29, 0.717) is 23.4 Å². The number of rotatable bonds is 9. The van der Waals surface area contributed by atoms with E-state index >= 15 is 0 Å². The van der Waals surface area contributed by atoms with Gasteiger partial charge in [0.2, 0.25) is 0 Å². The number of ether oxygens (including phenoxy) is 1. The van der Waals surface area contributed by atoms with Crippen molar-refractivity contribution >= 4 is 23.5 Å². The van der Waals surface area contributed by atoms with Gasteiger partial charge in [-0.05, 0) is 55.3 Å². The molecule has 2 amide bonds. The normalized spacial score (nSPS) is 11.4. The first kappa shape index (κ1) is 21.0. The highest BCUT2D eigenvalue weighted by molar-refractivity contribution is 5.97. The lowest BCUT2D eigenvalue weighted by Gasteiger charge is -2.17. The lowest BCUT2D eigenvalue weighted by molar-refractivity contribution is -0.136. The molecule has 0 aliphatic rings. The predicted molar refractivity (Wildman–Crippen MR) is 106 cm³/mol. The van der Waals surface area contributed by atoms with E-state index < -0.39 is 12.1 Å². The first-order chi connectivity index (χ1) is 13.4. The van der Waals surface area contributed by atoms with Crippen LogP contribution in [0.3, 0.4) is 0 Å². The van der Waals surface area contributed by atoms with E-state index in [1.807, 2.05) is 32.0 Å². The molecule has 0 saturated heterocycles. The van der Waals surface area contributed by atoms with Gasteiger partial charge in [0, 0.05) is 17.8 Å². The van der Waals surface area contributed by atoms with Crippen molar-refractivity contribution in [2.24, 2.45) is 0 Å². The van der Waals surface area contributed by atoms with E-state index in [1.54, 1.807) is 30.3 Å². The van der Waals surface area contributed by atoms with E-state index in [4.69, 9.17) is 9.84 Å². The zero-order valence-corrected chi connectivity index (χ0v) is 15.9. The van der Waals surface area contributed by atoms with Gasteiger partial charge in [0.05, 0.1) is 6.42 Å². The first-order valence-corrected chi connectivity index (χ1v) is 9.03. The van der Waals surface area contributed by atoms with Crippen molar-refractivity contribution in [1.82, 2.24) is 5.32 Å². The molecule has 0 heterocycles. The monoisotopic (exact) mass is 384 g/mol. The van der Waals surface area contributed by atoms with Crippen LogP contribution < -0.4 is 15.4 Å². The van der Waals surface area contributed by atoms with Crippen LogP contribution >= 0.6 is 0 Å². The summed E-state index contributed by atoms with van der Waals surface area (Å²) >= 11 is 0. The second kappa shape index (κ2) is 10.1. The molecule has 2 aromatic rings. The highest BCUT2D eigenvalue weighted by atomic mass is 16.5. The van der Waals surface area contributed by atoms with Crippen molar-refractivity contribution in [3.8, 4) is 5.75 Å². The predicted octanol–water partition coefficient (Wildman–Crippen LogP) is 3.00. The minimum Gasteiger partial charge on any atom is -0.481 e. The van der Waals surface area contributed by atoms with Crippen molar-refractivity contribution in [1.29, 1.82) is 0 Å². The number of carboxylic acid groups (broad SMARTS) is 1. The number of carboxylic acids is 1. The van der Waals surface area contributed by atoms with Gasteiger partial charge in [-0.2, -0.15) is 0 Å². The van der Waals surface area contributed by atoms with Crippen LogP contribution in [0.1, 0.15) is 35.7 Å². The number of carbonyl (C=O) groups excluding carboxylic acids is 2. The maximum Gasteiger partial charge on any atom is 0.305 e. The number of hydrogen-bond acceptors (Lipinski definition) is 4. The Balaban J connectivity index is 1.93. The third-order valence-corrected chi connectivity index (χ3v) is 3.97. The van der Waals surface area contributed by atoms with E-state index in [2.05, 4.69) is 10.6 Å². The fourth-order valence-electron chi connectivity index (χ4n) is 2.49. The molecule has 148 valence electrons. The quantitative estimate of drug-likeness (QED) is 0.616. The van der Waals surface area contributed by atoms with Gasteiger partial charge in [0.15, 0.2) is 6.10 Å². The summed E-state index contributed by atoms with van der Waals surface area (Å²) in [6.45, 7) is 3.87. The van der Waals surface area contributed by atoms with Crippen molar-refractivity contribution in [2.75, 3.05) is 11.9 Å². The lowest BCUT2D eigenvalue weighted by Crippen LogP contribution is -2.32. The molecule has 0 bridgehead atoms. The highest BCUT2D eigenvalue weighted by Gasteiger charge is 2.18. The van der Waals surface area contributed by atoms with Crippen LogP contribution in [0.25, 0.3) is 0 Å². The summed E-state index contributed by atoms with van der Waals surface area (Å²) in [5.41, 5.74) is 1.97. The Kier molecular flexibility index (Phi) is 7.56. The van der Waals surface area contributed by atoms with Gasteiger partial charge in [0.25, 0.3) is 11.8 Å². The van der Waals surface area contributed by atoms with Crippen LogP contribution in [0, 0.1) is 6.92 Å². The largest absolute Gasteiger partial charge is 0.481 e. The number of hydrogen-bond donors (Lipinski definition) is 3. The zero-order chi connectivity index (χ0) is 20.5. The van der Waals surface area contributed by atoms with Gasteiger partial charge in [-0.25, -0.2) is 0 Å². The Morgan fingerprint density at radius 1 is 1.11 bits per heavy atom. The van der Waals surface area contributed by atoms with Crippen LogP contribution in [-0.4, -0.2) is 35.5 Å². The second-order valence-corrected chi connectivity index (χ2v) is 6.30. The molecule has 0 aliphatic carbocycles. The fourth-order valence-corrected chi connectivity index (χ4v) is 2.49. The average molecular weight is 384 g/mol. The number of anilines is 1. The van der Waals surface area contributed by atoms with E-state index in [0.717, 1.165) is 5.56 Å². The SMILES string of the molecule is CCC(Oc1cccc(C)c1)C(=O)Nc1ccc(C(=O)NCCC(=O)O)cc1. The average Bonchev–Trinajstić information content (AvgIpc) is 2.66. The minimum atomic E-state index is -0.975. The van der Waals surface area contributed by atoms with Crippen LogP contribution in [0.5, 0.6) is 5.75 Å². The molecule has 0 saturated carbocycles. The van der Waals surface area contributed by atoms with Gasteiger partial charge >= 0.3 is 5.97 Å². The van der Waals surface area contributed by atoms with Crippen molar-refractivity contribution in [2.45, 2.75) is 32.8 Å². The molecule has 1 atom stereocenters. The molecule has 7 heteroatoms. The third-order valence-electron chi connectivity index (χ3n) is 3.97. The Morgan fingerprint density at radius 3 is 2.43 bits per heavy atom. The van der Waals surface area contributed by atoms with Crippen molar-refractivity contribution in [3.63, 3.8) is 0 Å². The van der Waals surface area contributed by atoms with Gasteiger partial charge in [-0.15, -0.1) is 0 Å². The van der Waals surface area contributed by atoms with Crippen LogP contribution in [-0.2, 0) is 9.59 Å². The maximum absolute atomic E-state index is 12.5. The molecule has 1 unspecified atom stereocenters. The molecular formula is C21H24N2O5. The number of aryl methyl sites for hydroxylation is 1. The highest BCUT2D eigenvalue weighted by Crippen LogP contribution is 2.17. The standard InChI is InChI=1S/C21H24N2O5/c1-3-18(28-17-6-4-5-14(2)13-17)21(27)23-16-9-7-15(8-10-16)20(26)22-12-11-19(24)25/h4-10,13,18H,3,11-12H2,1-2H3,(H,22,26)(H,23,27)(H,24,25). The molecule has 3 N–H and O–H groups in total. The number of nitrogens with one attached hydrogen (secondary N) is 2. The zero-order valence-electron chi connectivity index (χ0n) is 15.9. The van der Waals surface area contributed by atoms with Crippen LogP contribution in [0.4, 0.5) is 5.69 Å². The smallest absolute Gasteiger partial charge is 0.305 e. The van der Waals surface area contributed by atoms with Crippen molar-refractivity contribution < 1.29 is 24.2 Å². The van der Waals surface area contributed by atoms with Gasteiger partial charge in [-0.1, -0.05) is 19.1 Å². The molecule has 2 rings (SSSR count). The molecule has 0 aromatic heterocycles. The molecular weight excluding hydrogens is 360 g/mol. The van der Waals surface area contributed by atoms with E-state index in [1.165, 1.54) is 0 Å². The number of benzene rings is 2.